The van der Waals surface area contributed by atoms with Gasteiger partial charge >= 0.3 is 6.61 Å². The van der Waals surface area contributed by atoms with Gasteiger partial charge in [-0.3, -0.25) is 9.59 Å². The molecule has 0 bridgehead atoms. The second-order valence-electron chi connectivity index (χ2n) is 9.01. The molecule has 0 radical (unpaired) electrons. The van der Waals surface area contributed by atoms with E-state index in [0.717, 1.165) is 40.9 Å². The molecule has 0 N–H and O–H groups in total. The Kier molecular flexibility index (Phi) is 6.95. The normalized spacial score (nSPS) is 20.9. The fourth-order valence-corrected chi connectivity index (χ4v) is 6.32. The molecule has 3 aromatic rings. The zero-order valence-corrected chi connectivity index (χ0v) is 20.1. The number of amides is 2. The fraction of sp³-hybridized carbons (Fsp3) is 0.423. The van der Waals surface area contributed by atoms with Crippen molar-refractivity contribution in [2.45, 2.75) is 38.2 Å². The van der Waals surface area contributed by atoms with E-state index in [1.54, 1.807) is 28.4 Å². The largest absolute Gasteiger partial charge is 0.434 e. The van der Waals surface area contributed by atoms with Crippen molar-refractivity contribution in [1.29, 1.82) is 0 Å². The summed E-state index contributed by atoms with van der Waals surface area (Å²) >= 11 is 1.68. The van der Waals surface area contributed by atoms with Crippen LogP contribution in [0.3, 0.4) is 0 Å². The number of carbonyl (C=O) groups is 2. The highest BCUT2D eigenvalue weighted by Crippen LogP contribution is 2.41. The third-order valence-electron chi connectivity index (χ3n) is 6.92. The fourth-order valence-electron chi connectivity index (χ4n) is 5.15. The predicted octanol–water partition coefficient (Wildman–Crippen LogP) is 5.16. The van der Waals surface area contributed by atoms with Crippen LogP contribution in [0.5, 0.6) is 5.75 Å². The number of nitrogens with zero attached hydrogens (tertiary/aromatic N) is 3. The third kappa shape index (κ3) is 5.00. The van der Waals surface area contributed by atoms with Crippen LogP contribution in [0.1, 0.15) is 47.0 Å². The first kappa shape index (κ1) is 23.7. The monoisotopic (exact) mass is 499 g/mol. The first-order valence-corrected chi connectivity index (χ1v) is 12.8. The van der Waals surface area contributed by atoms with Gasteiger partial charge in [0.1, 0.15) is 5.75 Å². The third-order valence-corrected chi connectivity index (χ3v) is 8.09. The van der Waals surface area contributed by atoms with Gasteiger partial charge in [0.15, 0.2) is 0 Å². The maximum absolute atomic E-state index is 13.6. The van der Waals surface area contributed by atoms with Crippen molar-refractivity contribution in [3.63, 3.8) is 0 Å². The van der Waals surface area contributed by atoms with E-state index in [0.29, 0.717) is 26.2 Å². The van der Waals surface area contributed by atoms with Crippen molar-refractivity contribution in [2.24, 2.45) is 5.92 Å². The molecule has 1 saturated carbocycles. The van der Waals surface area contributed by atoms with Crippen LogP contribution in [0.15, 0.2) is 48.5 Å². The van der Waals surface area contributed by atoms with Crippen LogP contribution >= 0.6 is 11.3 Å². The number of hydrogen-bond donors (Lipinski definition) is 0. The molecule has 1 saturated heterocycles. The van der Waals surface area contributed by atoms with E-state index in [-0.39, 0.29) is 35.0 Å². The van der Waals surface area contributed by atoms with Crippen molar-refractivity contribution in [3.8, 4) is 5.75 Å². The second kappa shape index (κ2) is 10.3. The predicted molar refractivity (Wildman–Crippen MR) is 130 cm³/mol. The number of piperazine rings is 1. The average molecular weight is 500 g/mol. The first-order valence-electron chi connectivity index (χ1n) is 12.0. The van der Waals surface area contributed by atoms with Gasteiger partial charge < -0.3 is 14.5 Å². The van der Waals surface area contributed by atoms with Crippen LogP contribution < -0.4 is 4.74 Å². The molecule has 0 spiro atoms. The van der Waals surface area contributed by atoms with Gasteiger partial charge in [0, 0.05) is 38.0 Å². The Morgan fingerprint density at radius 2 is 1.63 bits per heavy atom. The Morgan fingerprint density at radius 1 is 0.943 bits per heavy atom. The lowest BCUT2D eigenvalue weighted by Gasteiger charge is -2.39. The molecular weight excluding hydrogens is 472 g/mol. The highest BCUT2D eigenvalue weighted by Gasteiger charge is 2.37. The van der Waals surface area contributed by atoms with E-state index in [1.165, 1.54) is 12.1 Å². The van der Waals surface area contributed by atoms with Gasteiger partial charge in [-0.15, -0.1) is 11.3 Å². The zero-order chi connectivity index (χ0) is 24.4. The summed E-state index contributed by atoms with van der Waals surface area (Å²) in [7, 11) is 0. The van der Waals surface area contributed by atoms with Crippen LogP contribution in [0.25, 0.3) is 10.2 Å². The highest BCUT2D eigenvalue weighted by atomic mass is 32.1. The first-order chi connectivity index (χ1) is 17.0. The molecule has 5 rings (SSSR count). The van der Waals surface area contributed by atoms with Gasteiger partial charge in [0.25, 0.3) is 5.91 Å². The summed E-state index contributed by atoms with van der Waals surface area (Å²) in [5, 5.41) is 1.04. The number of benzene rings is 2. The Balaban J connectivity index is 1.26. The minimum absolute atomic E-state index is 0.105. The summed E-state index contributed by atoms with van der Waals surface area (Å²) in [4.78, 5) is 34.9. The standard InChI is InChI=1S/C26H27F2N3O3S/c27-26(28)34-21-11-5-3-9-19(21)25(33)31-15-13-30(14-16-31)24(32)18-8-2-1-7-17(18)23-29-20-10-4-6-12-22(20)35-23/h3-6,9-12,17-18,26H,1-2,7-8,13-16H2/t17-,18+/m0/s1. The number of hydrogen-bond acceptors (Lipinski definition) is 5. The van der Waals surface area contributed by atoms with Gasteiger partial charge in [0.05, 0.1) is 20.8 Å². The average Bonchev–Trinajstić information content (AvgIpc) is 3.32. The van der Waals surface area contributed by atoms with Gasteiger partial charge in [-0.1, -0.05) is 37.1 Å². The molecule has 2 amide bonds. The van der Waals surface area contributed by atoms with Crippen LogP contribution in [-0.2, 0) is 4.79 Å². The van der Waals surface area contributed by atoms with E-state index in [2.05, 4.69) is 10.8 Å². The van der Waals surface area contributed by atoms with Crippen molar-refractivity contribution >= 4 is 33.4 Å². The number of alkyl halides is 2. The van der Waals surface area contributed by atoms with Crippen molar-refractivity contribution in [3.05, 3.63) is 59.1 Å². The molecule has 2 aromatic carbocycles. The molecule has 1 aromatic heterocycles. The number of para-hydroxylation sites is 2. The zero-order valence-electron chi connectivity index (χ0n) is 19.2. The Hall–Kier alpha value is -3.07. The minimum atomic E-state index is -3.00. The molecule has 35 heavy (non-hydrogen) atoms. The molecule has 2 atom stereocenters. The molecule has 2 heterocycles. The minimum Gasteiger partial charge on any atom is -0.434 e. The quantitative estimate of drug-likeness (QED) is 0.487. The molecule has 9 heteroatoms. The Labute approximate surface area is 206 Å². The van der Waals surface area contributed by atoms with Crippen molar-refractivity contribution in [1.82, 2.24) is 14.8 Å². The van der Waals surface area contributed by atoms with Gasteiger partial charge in [-0.25, -0.2) is 4.98 Å². The summed E-state index contributed by atoms with van der Waals surface area (Å²) < 4.78 is 31.1. The lowest BCUT2D eigenvalue weighted by Crippen LogP contribution is -2.52. The molecule has 2 fully saturated rings. The summed E-state index contributed by atoms with van der Waals surface area (Å²) in [6.45, 7) is -1.45. The number of aromatic nitrogens is 1. The maximum atomic E-state index is 13.6. The van der Waals surface area contributed by atoms with Crippen LogP contribution in [0.2, 0.25) is 0 Å². The van der Waals surface area contributed by atoms with Crippen molar-refractivity contribution in [2.75, 3.05) is 26.2 Å². The summed E-state index contributed by atoms with van der Waals surface area (Å²) in [6, 6.07) is 14.1. The number of ether oxygens (including phenoxy) is 1. The summed E-state index contributed by atoms with van der Waals surface area (Å²) in [6.07, 6.45) is 3.91. The molecule has 1 aliphatic heterocycles. The Bertz CT molecular complexity index is 1180. The van der Waals surface area contributed by atoms with E-state index in [9.17, 15) is 18.4 Å². The number of thiazole rings is 1. The second-order valence-corrected chi connectivity index (χ2v) is 10.1. The number of halogens is 2. The van der Waals surface area contributed by atoms with Gasteiger partial charge in [0.2, 0.25) is 5.91 Å². The van der Waals surface area contributed by atoms with E-state index >= 15 is 0 Å². The van der Waals surface area contributed by atoms with Crippen LogP contribution in [-0.4, -0.2) is 59.4 Å². The summed E-state index contributed by atoms with van der Waals surface area (Å²) in [5.41, 5.74) is 1.09. The molecular formula is C26H27F2N3O3S. The number of rotatable bonds is 5. The maximum Gasteiger partial charge on any atom is 0.387 e. The van der Waals surface area contributed by atoms with E-state index < -0.39 is 6.61 Å². The van der Waals surface area contributed by atoms with Gasteiger partial charge in [-0.05, 0) is 37.1 Å². The molecule has 184 valence electrons. The van der Waals surface area contributed by atoms with Gasteiger partial charge in [-0.2, -0.15) is 8.78 Å². The smallest absolute Gasteiger partial charge is 0.387 e. The molecule has 6 nitrogen and oxygen atoms in total. The molecule has 2 aliphatic rings. The number of carbonyl (C=O) groups excluding carboxylic acids is 2. The Morgan fingerprint density at radius 3 is 2.40 bits per heavy atom. The van der Waals surface area contributed by atoms with Crippen molar-refractivity contribution < 1.29 is 23.1 Å². The lowest BCUT2D eigenvalue weighted by molar-refractivity contribution is -0.138. The van der Waals surface area contributed by atoms with Crippen LogP contribution in [0, 0.1) is 5.92 Å². The SMILES string of the molecule is O=C(c1ccccc1OC(F)F)N1CCN(C(=O)[C@@H]2CCCC[C@@H]2c2nc3ccccc3s2)CC1. The summed E-state index contributed by atoms with van der Waals surface area (Å²) in [5.74, 6) is -0.355. The highest BCUT2D eigenvalue weighted by molar-refractivity contribution is 7.18. The lowest BCUT2D eigenvalue weighted by atomic mass is 9.78. The number of fused-ring (bicyclic) bond motifs is 1. The van der Waals surface area contributed by atoms with Crippen LogP contribution in [0.4, 0.5) is 8.78 Å². The van der Waals surface area contributed by atoms with E-state index in [1.807, 2.05) is 23.1 Å². The molecule has 0 unspecified atom stereocenters. The van der Waals surface area contributed by atoms with E-state index in [4.69, 9.17) is 4.98 Å². The molecule has 1 aliphatic carbocycles. The topological polar surface area (TPSA) is 62.7 Å².